The SMILES string of the molecule is CCOc1cc(/C=C2\SC(=O)N(Cc3ccccc3Cl)C2=O)cc(I)c1OCc1ccc(Cl)cc1Cl. The van der Waals surface area contributed by atoms with Gasteiger partial charge in [-0.25, -0.2) is 0 Å². The Morgan fingerprint density at radius 2 is 1.75 bits per heavy atom. The van der Waals surface area contributed by atoms with Gasteiger partial charge in [0.2, 0.25) is 0 Å². The summed E-state index contributed by atoms with van der Waals surface area (Å²) in [5.74, 6) is 0.721. The molecule has 1 fully saturated rings. The zero-order valence-electron chi connectivity index (χ0n) is 18.9. The van der Waals surface area contributed by atoms with Gasteiger partial charge in [-0.05, 0) is 88.8 Å². The van der Waals surface area contributed by atoms with Crippen LogP contribution in [0.15, 0.2) is 59.5 Å². The Balaban J connectivity index is 1.57. The van der Waals surface area contributed by atoms with Gasteiger partial charge >= 0.3 is 0 Å². The molecule has 0 aromatic heterocycles. The molecular weight excluding hydrogens is 656 g/mol. The van der Waals surface area contributed by atoms with Crippen LogP contribution in [-0.2, 0) is 17.9 Å². The van der Waals surface area contributed by atoms with E-state index in [2.05, 4.69) is 22.6 Å². The first-order valence-electron chi connectivity index (χ1n) is 10.8. The summed E-state index contributed by atoms with van der Waals surface area (Å²) in [6.45, 7) is 2.64. The maximum absolute atomic E-state index is 13.0. The lowest BCUT2D eigenvalue weighted by Gasteiger charge is -2.15. The molecule has 0 radical (unpaired) electrons. The zero-order chi connectivity index (χ0) is 25.8. The molecule has 4 rings (SSSR count). The maximum atomic E-state index is 13.0. The number of halogens is 4. The van der Waals surface area contributed by atoms with Crippen LogP contribution in [0.25, 0.3) is 6.08 Å². The van der Waals surface area contributed by atoms with E-state index < -0.39 is 0 Å². The molecule has 3 aromatic rings. The van der Waals surface area contributed by atoms with E-state index in [0.29, 0.717) is 49.2 Å². The molecule has 0 unspecified atom stereocenters. The standard InChI is InChI=1S/C26H19Cl3INO4S/c1-2-34-22-10-15(9-21(30)24(22)35-14-17-7-8-18(27)12-20(17)29)11-23-25(32)31(26(33)36-23)13-16-5-3-4-6-19(16)28/h3-12H,2,13-14H2,1H3/b23-11-. The molecular formula is C26H19Cl3INO4S. The predicted octanol–water partition coefficient (Wildman–Crippen LogP) is 8.47. The molecule has 1 heterocycles. The smallest absolute Gasteiger partial charge is 0.293 e. The second-order valence-electron chi connectivity index (χ2n) is 7.65. The average molecular weight is 675 g/mol. The van der Waals surface area contributed by atoms with Gasteiger partial charge in [-0.1, -0.05) is 59.1 Å². The predicted molar refractivity (Wildman–Crippen MR) is 154 cm³/mol. The molecule has 0 aliphatic carbocycles. The van der Waals surface area contributed by atoms with Crippen molar-refractivity contribution in [3.63, 3.8) is 0 Å². The van der Waals surface area contributed by atoms with Crippen molar-refractivity contribution in [2.24, 2.45) is 0 Å². The fourth-order valence-electron chi connectivity index (χ4n) is 3.45. The Kier molecular flexibility index (Phi) is 9.11. The number of carbonyl (C=O) groups is 2. The number of hydrogen-bond donors (Lipinski definition) is 0. The largest absolute Gasteiger partial charge is 0.490 e. The van der Waals surface area contributed by atoms with Crippen molar-refractivity contribution in [3.8, 4) is 11.5 Å². The number of amides is 2. The molecule has 2 amide bonds. The summed E-state index contributed by atoms with van der Waals surface area (Å²) in [6, 6.07) is 16.0. The van der Waals surface area contributed by atoms with Gasteiger partial charge in [-0.3, -0.25) is 14.5 Å². The van der Waals surface area contributed by atoms with Gasteiger partial charge in [-0.2, -0.15) is 0 Å². The summed E-state index contributed by atoms with van der Waals surface area (Å²) < 4.78 is 12.7. The van der Waals surface area contributed by atoms with Crippen molar-refractivity contribution in [1.29, 1.82) is 0 Å². The lowest BCUT2D eigenvalue weighted by atomic mass is 10.1. The minimum Gasteiger partial charge on any atom is -0.490 e. The van der Waals surface area contributed by atoms with Crippen molar-refractivity contribution < 1.29 is 19.1 Å². The van der Waals surface area contributed by atoms with Gasteiger partial charge in [0.1, 0.15) is 6.61 Å². The van der Waals surface area contributed by atoms with Gasteiger partial charge in [-0.15, -0.1) is 0 Å². The molecule has 186 valence electrons. The number of imide groups is 1. The molecule has 1 aliphatic rings. The fraction of sp³-hybridized carbons (Fsp3) is 0.154. The summed E-state index contributed by atoms with van der Waals surface area (Å²) in [7, 11) is 0. The van der Waals surface area contributed by atoms with Gasteiger partial charge in [0, 0.05) is 20.6 Å². The minimum atomic E-state index is -0.365. The van der Waals surface area contributed by atoms with Crippen LogP contribution in [0, 0.1) is 3.57 Å². The third-order valence-corrected chi connectivity index (χ3v) is 7.84. The molecule has 1 saturated heterocycles. The van der Waals surface area contributed by atoms with Gasteiger partial charge in [0.05, 0.1) is 21.6 Å². The molecule has 3 aromatic carbocycles. The maximum Gasteiger partial charge on any atom is 0.293 e. The van der Waals surface area contributed by atoms with Crippen LogP contribution in [0.1, 0.15) is 23.6 Å². The van der Waals surface area contributed by atoms with E-state index >= 15 is 0 Å². The first-order valence-corrected chi connectivity index (χ1v) is 13.8. The molecule has 0 atom stereocenters. The minimum absolute atomic E-state index is 0.115. The quantitative estimate of drug-likeness (QED) is 0.177. The van der Waals surface area contributed by atoms with E-state index in [0.717, 1.165) is 20.9 Å². The Labute approximate surface area is 241 Å². The number of nitrogens with zero attached hydrogens (tertiary/aromatic N) is 1. The van der Waals surface area contributed by atoms with Crippen molar-refractivity contribution in [1.82, 2.24) is 4.90 Å². The summed E-state index contributed by atoms with van der Waals surface area (Å²) in [5.41, 5.74) is 2.21. The number of hydrogen-bond acceptors (Lipinski definition) is 5. The molecule has 0 spiro atoms. The zero-order valence-corrected chi connectivity index (χ0v) is 24.1. The van der Waals surface area contributed by atoms with Crippen molar-refractivity contribution in [3.05, 3.63) is 94.8 Å². The molecule has 5 nitrogen and oxygen atoms in total. The van der Waals surface area contributed by atoms with E-state index in [4.69, 9.17) is 44.3 Å². The highest BCUT2D eigenvalue weighted by atomic mass is 127. The van der Waals surface area contributed by atoms with Crippen molar-refractivity contribution in [2.45, 2.75) is 20.1 Å². The molecule has 0 saturated carbocycles. The van der Waals surface area contributed by atoms with Crippen LogP contribution >= 0.6 is 69.2 Å². The number of carbonyl (C=O) groups excluding carboxylic acids is 2. The molecule has 1 aliphatic heterocycles. The highest BCUT2D eigenvalue weighted by Gasteiger charge is 2.35. The van der Waals surface area contributed by atoms with E-state index in [-0.39, 0.29) is 24.3 Å². The first-order chi connectivity index (χ1) is 17.3. The highest BCUT2D eigenvalue weighted by Crippen LogP contribution is 2.39. The average Bonchev–Trinajstić information content (AvgIpc) is 3.08. The van der Waals surface area contributed by atoms with Crippen LogP contribution in [0.3, 0.4) is 0 Å². The van der Waals surface area contributed by atoms with Gasteiger partial charge in [0.25, 0.3) is 11.1 Å². The normalized spacial score (nSPS) is 14.6. The van der Waals surface area contributed by atoms with Gasteiger partial charge in [0.15, 0.2) is 11.5 Å². The van der Waals surface area contributed by atoms with Gasteiger partial charge < -0.3 is 9.47 Å². The lowest BCUT2D eigenvalue weighted by Crippen LogP contribution is -2.27. The summed E-state index contributed by atoms with van der Waals surface area (Å²) in [4.78, 5) is 27.1. The second-order valence-corrected chi connectivity index (χ2v) is 11.1. The lowest BCUT2D eigenvalue weighted by molar-refractivity contribution is -0.123. The molecule has 10 heteroatoms. The van der Waals surface area contributed by atoms with Crippen LogP contribution in [0.5, 0.6) is 11.5 Å². The highest BCUT2D eigenvalue weighted by molar-refractivity contribution is 14.1. The van der Waals surface area contributed by atoms with Crippen LogP contribution in [-0.4, -0.2) is 22.7 Å². The second kappa shape index (κ2) is 12.1. The third kappa shape index (κ3) is 6.31. The Morgan fingerprint density at radius 3 is 2.47 bits per heavy atom. The molecule has 0 N–H and O–H groups in total. The van der Waals surface area contributed by atoms with E-state index in [1.165, 1.54) is 4.90 Å². The van der Waals surface area contributed by atoms with Crippen LogP contribution in [0.2, 0.25) is 15.1 Å². The van der Waals surface area contributed by atoms with Crippen molar-refractivity contribution >= 4 is 86.4 Å². The van der Waals surface area contributed by atoms with E-state index in [9.17, 15) is 9.59 Å². The van der Waals surface area contributed by atoms with E-state index in [1.807, 2.05) is 25.1 Å². The Bertz CT molecular complexity index is 1370. The first kappa shape index (κ1) is 27.1. The third-order valence-electron chi connectivity index (χ3n) is 5.18. The Hall–Kier alpha value is -1.91. The summed E-state index contributed by atoms with van der Waals surface area (Å²) >= 11 is 21.5. The fourth-order valence-corrected chi connectivity index (χ4v) is 5.73. The topological polar surface area (TPSA) is 55.8 Å². The van der Waals surface area contributed by atoms with Crippen LogP contribution < -0.4 is 9.47 Å². The summed E-state index contributed by atoms with van der Waals surface area (Å²) in [5, 5.41) is 1.23. The number of benzene rings is 3. The molecule has 0 bridgehead atoms. The number of thioether (sulfide) groups is 1. The monoisotopic (exact) mass is 673 g/mol. The van der Waals surface area contributed by atoms with Crippen molar-refractivity contribution in [2.75, 3.05) is 6.61 Å². The Morgan fingerprint density at radius 1 is 0.972 bits per heavy atom. The molecule has 36 heavy (non-hydrogen) atoms. The van der Waals surface area contributed by atoms with Crippen LogP contribution in [0.4, 0.5) is 4.79 Å². The summed E-state index contributed by atoms with van der Waals surface area (Å²) in [6.07, 6.45) is 1.68. The number of ether oxygens (including phenoxy) is 2. The van der Waals surface area contributed by atoms with E-state index in [1.54, 1.807) is 42.5 Å². The number of rotatable bonds is 8.